The molecule has 0 radical (unpaired) electrons. The maximum atomic E-state index is 12.1. The zero-order chi connectivity index (χ0) is 13.9. The normalized spacial score (nSPS) is 10.7. The number of nitrogens with zero attached hydrogens (tertiary/aromatic N) is 1. The molecule has 0 saturated heterocycles. The molecule has 0 bridgehead atoms. The lowest BCUT2D eigenvalue weighted by atomic mass is 10.1. The SMILES string of the molecule is O=C(Cc1csc(-c2cc(Br)cs2)n1)c1ccccc1. The molecule has 0 saturated carbocycles. The average Bonchev–Trinajstić information content (AvgIpc) is 3.09. The Morgan fingerprint density at radius 3 is 2.65 bits per heavy atom. The smallest absolute Gasteiger partial charge is 0.168 e. The summed E-state index contributed by atoms with van der Waals surface area (Å²) in [6.07, 6.45) is 0.354. The Balaban J connectivity index is 1.76. The van der Waals surface area contributed by atoms with E-state index < -0.39 is 0 Å². The molecule has 3 rings (SSSR count). The summed E-state index contributed by atoms with van der Waals surface area (Å²) in [6, 6.07) is 11.4. The number of ketones is 1. The van der Waals surface area contributed by atoms with Crippen LogP contribution in [0.25, 0.3) is 9.88 Å². The van der Waals surface area contributed by atoms with Crippen LogP contribution >= 0.6 is 38.6 Å². The van der Waals surface area contributed by atoms with Crippen molar-refractivity contribution in [3.05, 3.63) is 62.9 Å². The molecular weight excluding hydrogens is 354 g/mol. The molecule has 0 aliphatic carbocycles. The molecule has 5 heteroatoms. The lowest BCUT2D eigenvalue weighted by Gasteiger charge is -1.97. The van der Waals surface area contributed by atoms with Crippen molar-refractivity contribution < 1.29 is 4.79 Å². The van der Waals surface area contributed by atoms with Gasteiger partial charge in [0.05, 0.1) is 17.0 Å². The molecule has 0 unspecified atom stereocenters. The summed E-state index contributed by atoms with van der Waals surface area (Å²) >= 11 is 6.67. The molecular formula is C15H10BrNOS2. The number of thiazole rings is 1. The zero-order valence-electron chi connectivity index (χ0n) is 10.4. The van der Waals surface area contributed by atoms with Gasteiger partial charge in [0.15, 0.2) is 5.78 Å². The van der Waals surface area contributed by atoms with Gasteiger partial charge in [-0.25, -0.2) is 4.98 Å². The Labute approximate surface area is 133 Å². The van der Waals surface area contributed by atoms with Crippen molar-refractivity contribution in [1.82, 2.24) is 4.98 Å². The zero-order valence-corrected chi connectivity index (χ0v) is 13.6. The summed E-state index contributed by atoms with van der Waals surface area (Å²) in [5.41, 5.74) is 1.57. The second-order valence-corrected chi connectivity index (χ2v) is 6.92. The average molecular weight is 364 g/mol. The first-order valence-corrected chi connectivity index (χ1v) is 8.54. The number of hydrogen-bond acceptors (Lipinski definition) is 4. The second-order valence-electron chi connectivity index (χ2n) is 4.24. The Morgan fingerprint density at radius 2 is 1.95 bits per heavy atom. The third-order valence-corrected chi connectivity index (χ3v) is 5.52. The van der Waals surface area contributed by atoms with Gasteiger partial charge in [0, 0.05) is 20.8 Å². The van der Waals surface area contributed by atoms with Crippen molar-refractivity contribution >= 4 is 44.4 Å². The van der Waals surface area contributed by atoms with E-state index in [9.17, 15) is 4.79 Å². The number of hydrogen-bond donors (Lipinski definition) is 0. The van der Waals surface area contributed by atoms with Gasteiger partial charge in [-0.05, 0) is 22.0 Å². The van der Waals surface area contributed by atoms with Crippen LogP contribution in [-0.2, 0) is 6.42 Å². The van der Waals surface area contributed by atoms with Gasteiger partial charge in [0.25, 0.3) is 0 Å². The summed E-state index contributed by atoms with van der Waals surface area (Å²) in [7, 11) is 0. The fourth-order valence-electron chi connectivity index (χ4n) is 1.82. The summed E-state index contributed by atoms with van der Waals surface area (Å²) in [5.74, 6) is 0.106. The topological polar surface area (TPSA) is 30.0 Å². The van der Waals surface area contributed by atoms with E-state index in [1.165, 1.54) is 0 Å². The van der Waals surface area contributed by atoms with Crippen LogP contribution < -0.4 is 0 Å². The highest BCUT2D eigenvalue weighted by Crippen LogP contribution is 2.32. The van der Waals surface area contributed by atoms with Crippen LogP contribution in [0.4, 0.5) is 0 Å². The molecule has 0 fully saturated rings. The van der Waals surface area contributed by atoms with E-state index in [-0.39, 0.29) is 5.78 Å². The number of Topliss-reactive ketones (excluding diaryl/α,β-unsaturated/α-hetero) is 1. The highest BCUT2D eigenvalue weighted by atomic mass is 79.9. The number of thiophene rings is 1. The number of carbonyl (C=O) groups excluding carboxylic acids is 1. The summed E-state index contributed by atoms with van der Waals surface area (Å²) < 4.78 is 1.06. The van der Waals surface area contributed by atoms with Crippen LogP contribution in [0, 0.1) is 0 Å². The van der Waals surface area contributed by atoms with E-state index in [1.54, 1.807) is 22.7 Å². The number of carbonyl (C=O) groups is 1. The maximum Gasteiger partial charge on any atom is 0.168 e. The van der Waals surface area contributed by atoms with Crippen molar-refractivity contribution in [1.29, 1.82) is 0 Å². The molecule has 0 atom stereocenters. The first-order chi connectivity index (χ1) is 9.72. The third kappa shape index (κ3) is 3.06. The lowest BCUT2D eigenvalue weighted by molar-refractivity contribution is 0.0992. The van der Waals surface area contributed by atoms with Gasteiger partial charge in [-0.3, -0.25) is 4.79 Å². The number of benzene rings is 1. The Hall–Kier alpha value is -1.30. The highest BCUT2D eigenvalue weighted by molar-refractivity contribution is 9.10. The van der Waals surface area contributed by atoms with Crippen LogP contribution in [-0.4, -0.2) is 10.8 Å². The quantitative estimate of drug-likeness (QED) is 0.606. The lowest BCUT2D eigenvalue weighted by Crippen LogP contribution is -2.03. The molecule has 100 valence electrons. The largest absolute Gasteiger partial charge is 0.294 e. The van der Waals surface area contributed by atoms with E-state index in [0.717, 1.165) is 25.6 Å². The fraction of sp³-hybridized carbons (Fsp3) is 0.0667. The van der Waals surface area contributed by atoms with Crippen molar-refractivity contribution in [2.75, 3.05) is 0 Å². The van der Waals surface area contributed by atoms with E-state index >= 15 is 0 Å². The van der Waals surface area contributed by atoms with Crippen molar-refractivity contribution in [2.24, 2.45) is 0 Å². The van der Waals surface area contributed by atoms with Gasteiger partial charge in [0.1, 0.15) is 5.01 Å². The molecule has 2 heterocycles. The third-order valence-electron chi connectivity index (χ3n) is 2.77. The highest BCUT2D eigenvalue weighted by Gasteiger charge is 2.11. The van der Waals surface area contributed by atoms with Crippen molar-refractivity contribution in [3.8, 4) is 9.88 Å². The summed E-state index contributed by atoms with van der Waals surface area (Å²) in [5, 5.41) is 4.96. The molecule has 0 spiro atoms. The number of halogens is 1. The first-order valence-electron chi connectivity index (χ1n) is 5.99. The molecule has 0 aliphatic heterocycles. The van der Waals surface area contributed by atoms with Crippen LogP contribution in [0.15, 0.2) is 51.6 Å². The Morgan fingerprint density at radius 1 is 1.15 bits per heavy atom. The van der Waals surface area contributed by atoms with Crippen LogP contribution in [0.2, 0.25) is 0 Å². The molecule has 2 aromatic heterocycles. The summed E-state index contributed by atoms with van der Waals surface area (Å²) in [4.78, 5) is 17.8. The molecule has 0 N–H and O–H groups in total. The minimum absolute atomic E-state index is 0.106. The standard InChI is InChI=1S/C15H10BrNOS2/c16-11-6-14(19-8-11)15-17-12(9-20-15)7-13(18)10-4-2-1-3-5-10/h1-6,8-9H,7H2. The predicted octanol–water partition coefficient (Wildman–Crippen LogP) is 5.06. The van der Waals surface area contributed by atoms with Crippen LogP contribution in [0.5, 0.6) is 0 Å². The van der Waals surface area contributed by atoms with Gasteiger partial charge in [-0.1, -0.05) is 30.3 Å². The molecule has 3 aromatic rings. The molecule has 0 amide bonds. The molecule has 20 heavy (non-hydrogen) atoms. The Kier molecular flexibility index (Phi) is 4.10. The van der Waals surface area contributed by atoms with Crippen molar-refractivity contribution in [3.63, 3.8) is 0 Å². The van der Waals surface area contributed by atoms with Gasteiger partial charge in [-0.2, -0.15) is 0 Å². The minimum atomic E-state index is 0.106. The van der Waals surface area contributed by atoms with Crippen molar-refractivity contribution in [2.45, 2.75) is 6.42 Å². The summed E-state index contributed by atoms with van der Waals surface area (Å²) in [6.45, 7) is 0. The van der Waals surface area contributed by atoms with E-state index in [2.05, 4.69) is 20.9 Å². The first kappa shape index (κ1) is 13.7. The van der Waals surface area contributed by atoms with Gasteiger partial charge in [0.2, 0.25) is 0 Å². The molecule has 0 aliphatic rings. The van der Waals surface area contributed by atoms with Gasteiger partial charge < -0.3 is 0 Å². The van der Waals surface area contributed by atoms with Gasteiger partial charge in [-0.15, -0.1) is 22.7 Å². The minimum Gasteiger partial charge on any atom is -0.294 e. The Bertz CT molecular complexity index is 733. The predicted molar refractivity (Wildman–Crippen MR) is 87.6 cm³/mol. The monoisotopic (exact) mass is 363 g/mol. The van der Waals surface area contributed by atoms with E-state index in [1.807, 2.05) is 47.2 Å². The molecule has 1 aromatic carbocycles. The van der Waals surface area contributed by atoms with Crippen LogP contribution in [0.1, 0.15) is 16.1 Å². The van der Waals surface area contributed by atoms with E-state index in [0.29, 0.717) is 6.42 Å². The molecule has 2 nitrogen and oxygen atoms in total. The number of aromatic nitrogens is 1. The fourth-order valence-corrected chi connectivity index (χ4v) is 4.14. The van der Waals surface area contributed by atoms with E-state index in [4.69, 9.17) is 0 Å². The van der Waals surface area contributed by atoms with Gasteiger partial charge >= 0.3 is 0 Å². The van der Waals surface area contributed by atoms with Crippen LogP contribution in [0.3, 0.4) is 0 Å². The number of rotatable bonds is 4. The second kappa shape index (κ2) is 5.99. The maximum absolute atomic E-state index is 12.1.